The summed E-state index contributed by atoms with van der Waals surface area (Å²) in [5, 5.41) is 11.8. The maximum Gasteiger partial charge on any atom is 0.251 e. The van der Waals surface area contributed by atoms with Crippen molar-refractivity contribution in [3.8, 4) is 0 Å². The second-order valence-electron chi connectivity index (χ2n) is 4.28. The van der Waals surface area contributed by atoms with Gasteiger partial charge in [0.05, 0.1) is 12.6 Å². The van der Waals surface area contributed by atoms with E-state index in [1.165, 1.54) is 0 Å². The number of nitrogen functional groups attached to an aromatic ring is 1. The molecule has 0 saturated heterocycles. The minimum Gasteiger partial charge on any atom is -0.398 e. The third-order valence-corrected chi connectivity index (χ3v) is 2.91. The summed E-state index contributed by atoms with van der Waals surface area (Å²) in [6.45, 7) is 5.65. The predicted molar refractivity (Wildman–Crippen MR) is 69.0 cm³/mol. The Morgan fingerprint density at radius 1 is 1.41 bits per heavy atom. The molecule has 0 heterocycles. The molecule has 4 N–H and O–H groups in total. The average molecular weight is 236 g/mol. The van der Waals surface area contributed by atoms with E-state index >= 15 is 0 Å². The zero-order valence-corrected chi connectivity index (χ0v) is 10.6. The maximum absolute atomic E-state index is 12.0. The number of carbonyl (C=O) groups is 1. The highest BCUT2D eigenvalue weighted by Gasteiger charge is 2.14. The third-order valence-electron chi connectivity index (χ3n) is 2.91. The van der Waals surface area contributed by atoms with Crippen molar-refractivity contribution in [2.75, 3.05) is 12.3 Å². The summed E-state index contributed by atoms with van der Waals surface area (Å²) in [7, 11) is 0. The van der Waals surface area contributed by atoms with Crippen molar-refractivity contribution in [1.29, 1.82) is 0 Å². The second kappa shape index (κ2) is 5.68. The number of hydrogen-bond donors (Lipinski definition) is 3. The number of nitrogens with two attached hydrogens (primary N) is 1. The van der Waals surface area contributed by atoms with E-state index in [9.17, 15) is 4.79 Å². The fourth-order valence-corrected chi connectivity index (χ4v) is 1.65. The lowest BCUT2D eigenvalue weighted by Gasteiger charge is -2.16. The van der Waals surface area contributed by atoms with Gasteiger partial charge in [-0.2, -0.15) is 0 Å². The number of hydrogen-bond acceptors (Lipinski definition) is 3. The van der Waals surface area contributed by atoms with Gasteiger partial charge in [-0.1, -0.05) is 13.0 Å². The first-order chi connectivity index (χ1) is 7.99. The molecule has 94 valence electrons. The van der Waals surface area contributed by atoms with Crippen molar-refractivity contribution in [2.45, 2.75) is 33.2 Å². The molecule has 1 aromatic rings. The molecule has 1 unspecified atom stereocenters. The molecule has 0 bridgehead atoms. The molecule has 4 nitrogen and oxygen atoms in total. The van der Waals surface area contributed by atoms with Crippen LogP contribution in [-0.2, 0) is 0 Å². The molecule has 0 radical (unpaired) electrons. The Morgan fingerprint density at radius 3 is 2.59 bits per heavy atom. The fourth-order valence-electron chi connectivity index (χ4n) is 1.65. The summed E-state index contributed by atoms with van der Waals surface area (Å²) in [6, 6.07) is 3.37. The molecule has 0 fully saturated rings. The van der Waals surface area contributed by atoms with Crippen LogP contribution < -0.4 is 11.1 Å². The lowest BCUT2D eigenvalue weighted by molar-refractivity contribution is 0.0914. The monoisotopic (exact) mass is 236 g/mol. The van der Waals surface area contributed by atoms with Gasteiger partial charge in [-0.15, -0.1) is 0 Å². The predicted octanol–water partition coefficient (Wildman–Crippen LogP) is 1.39. The van der Waals surface area contributed by atoms with Crippen LogP contribution >= 0.6 is 0 Å². The molecule has 4 heteroatoms. The number of aliphatic hydroxyl groups excluding tert-OH is 1. The van der Waals surface area contributed by atoms with Crippen LogP contribution in [0.4, 0.5) is 5.69 Å². The van der Waals surface area contributed by atoms with Crippen LogP contribution in [-0.4, -0.2) is 23.7 Å². The quantitative estimate of drug-likeness (QED) is 0.691. The van der Waals surface area contributed by atoms with Crippen LogP contribution in [0.2, 0.25) is 0 Å². The van der Waals surface area contributed by atoms with E-state index in [-0.39, 0.29) is 18.6 Å². The van der Waals surface area contributed by atoms with E-state index in [2.05, 4.69) is 5.32 Å². The number of carbonyl (C=O) groups excluding carboxylic acids is 1. The molecule has 0 aromatic heterocycles. The molecule has 0 aliphatic carbocycles. The summed E-state index contributed by atoms with van der Waals surface area (Å²) in [5.74, 6) is -0.185. The zero-order chi connectivity index (χ0) is 13.0. The van der Waals surface area contributed by atoms with E-state index in [4.69, 9.17) is 10.8 Å². The van der Waals surface area contributed by atoms with Gasteiger partial charge < -0.3 is 16.2 Å². The third kappa shape index (κ3) is 3.20. The average Bonchev–Trinajstić information content (AvgIpc) is 2.30. The van der Waals surface area contributed by atoms with Crippen LogP contribution in [0.15, 0.2) is 12.1 Å². The molecule has 0 aliphatic rings. The maximum atomic E-state index is 12.0. The van der Waals surface area contributed by atoms with Gasteiger partial charge in [0.25, 0.3) is 5.91 Å². The highest BCUT2D eigenvalue weighted by atomic mass is 16.3. The first-order valence-corrected chi connectivity index (χ1v) is 5.78. The molecule has 1 amide bonds. The summed E-state index contributed by atoms with van der Waals surface area (Å²) < 4.78 is 0. The number of aryl methyl sites for hydroxylation is 2. The molecule has 1 aromatic carbocycles. The Bertz CT molecular complexity index is 412. The lowest BCUT2D eigenvalue weighted by atomic mass is 10.0. The summed E-state index contributed by atoms with van der Waals surface area (Å²) >= 11 is 0. The standard InChI is InChI=1S/C13H20N2O2/c1-4-10(7-16)15-13(17)11-6-12(14)9(3)5-8(11)2/h5-6,10,16H,4,7,14H2,1-3H3,(H,15,17). The molecule has 0 aliphatic heterocycles. The van der Waals surface area contributed by atoms with Crippen molar-refractivity contribution < 1.29 is 9.90 Å². The topological polar surface area (TPSA) is 75.3 Å². The number of amides is 1. The molecule has 17 heavy (non-hydrogen) atoms. The van der Waals surface area contributed by atoms with E-state index < -0.39 is 0 Å². The lowest BCUT2D eigenvalue weighted by Crippen LogP contribution is -2.37. The smallest absolute Gasteiger partial charge is 0.251 e. The van der Waals surface area contributed by atoms with Crippen molar-refractivity contribution in [1.82, 2.24) is 5.32 Å². The van der Waals surface area contributed by atoms with Gasteiger partial charge in [-0.3, -0.25) is 4.79 Å². The molecular formula is C13H20N2O2. The minimum absolute atomic E-state index is 0.0529. The van der Waals surface area contributed by atoms with Crippen LogP contribution in [0.3, 0.4) is 0 Å². The number of nitrogens with one attached hydrogen (secondary N) is 1. The molecule has 1 atom stereocenters. The van der Waals surface area contributed by atoms with Crippen molar-refractivity contribution >= 4 is 11.6 Å². The van der Waals surface area contributed by atoms with Crippen molar-refractivity contribution in [3.63, 3.8) is 0 Å². The Hall–Kier alpha value is -1.55. The highest BCUT2D eigenvalue weighted by molar-refractivity contribution is 5.96. The van der Waals surface area contributed by atoms with Crippen LogP contribution in [0.5, 0.6) is 0 Å². The largest absolute Gasteiger partial charge is 0.398 e. The van der Waals surface area contributed by atoms with Crippen molar-refractivity contribution in [2.24, 2.45) is 0 Å². The second-order valence-corrected chi connectivity index (χ2v) is 4.28. The number of benzene rings is 1. The minimum atomic E-state index is -0.204. The van der Waals surface area contributed by atoms with E-state index in [0.717, 1.165) is 11.1 Å². The Morgan fingerprint density at radius 2 is 2.06 bits per heavy atom. The van der Waals surface area contributed by atoms with Gasteiger partial charge in [-0.05, 0) is 37.5 Å². The van der Waals surface area contributed by atoms with Gasteiger partial charge in [0.1, 0.15) is 0 Å². The molecular weight excluding hydrogens is 216 g/mol. The van der Waals surface area contributed by atoms with E-state index in [1.54, 1.807) is 6.07 Å². The summed E-state index contributed by atoms with van der Waals surface area (Å²) in [5.41, 5.74) is 8.83. The van der Waals surface area contributed by atoms with Crippen LogP contribution in [0, 0.1) is 13.8 Å². The summed E-state index contributed by atoms with van der Waals surface area (Å²) in [6.07, 6.45) is 0.697. The van der Waals surface area contributed by atoms with Gasteiger partial charge in [0, 0.05) is 11.3 Å². The Labute approximate surface area is 102 Å². The van der Waals surface area contributed by atoms with Gasteiger partial charge in [-0.25, -0.2) is 0 Å². The van der Waals surface area contributed by atoms with E-state index in [0.29, 0.717) is 17.7 Å². The van der Waals surface area contributed by atoms with Crippen LogP contribution in [0.25, 0.3) is 0 Å². The molecule has 1 rings (SSSR count). The summed E-state index contributed by atoms with van der Waals surface area (Å²) in [4.78, 5) is 12.0. The fraction of sp³-hybridized carbons (Fsp3) is 0.462. The normalized spacial score (nSPS) is 12.2. The molecule has 0 saturated carbocycles. The van der Waals surface area contributed by atoms with Gasteiger partial charge >= 0.3 is 0 Å². The number of anilines is 1. The van der Waals surface area contributed by atoms with E-state index in [1.807, 2.05) is 26.8 Å². The first kappa shape index (κ1) is 13.5. The van der Waals surface area contributed by atoms with Crippen molar-refractivity contribution in [3.05, 3.63) is 28.8 Å². The number of rotatable bonds is 4. The Balaban J connectivity index is 2.93. The van der Waals surface area contributed by atoms with Crippen LogP contribution in [0.1, 0.15) is 34.8 Å². The Kier molecular flexibility index (Phi) is 4.52. The zero-order valence-electron chi connectivity index (χ0n) is 10.6. The highest BCUT2D eigenvalue weighted by Crippen LogP contribution is 2.17. The molecule has 0 spiro atoms. The number of aliphatic hydroxyl groups is 1. The first-order valence-electron chi connectivity index (χ1n) is 5.78. The van der Waals surface area contributed by atoms with Gasteiger partial charge in [0.15, 0.2) is 0 Å². The van der Waals surface area contributed by atoms with Gasteiger partial charge in [0.2, 0.25) is 0 Å². The SMILES string of the molecule is CCC(CO)NC(=O)c1cc(N)c(C)cc1C.